The second kappa shape index (κ2) is 6.34. The number of anilines is 1. The van der Waals surface area contributed by atoms with E-state index in [4.69, 9.17) is 11.6 Å². The summed E-state index contributed by atoms with van der Waals surface area (Å²) in [6, 6.07) is 14.9. The molecule has 1 N–H and O–H groups in total. The molecule has 0 aliphatic carbocycles. The summed E-state index contributed by atoms with van der Waals surface area (Å²) in [5, 5.41) is 7.45. The van der Waals surface area contributed by atoms with E-state index in [-0.39, 0.29) is 5.91 Å². The van der Waals surface area contributed by atoms with E-state index in [0.717, 1.165) is 10.2 Å². The maximum Gasteiger partial charge on any atom is 0.258 e. The molecule has 0 fully saturated rings. The van der Waals surface area contributed by atoms with Crippen molar-refractivity contribution in [2.24, 2.45) is 0 Å². The van der Waals surface area contributed by atoms with Gasteiger partial charge in [-0.15, -0.1) is 0 Å². The van der Waals surface area contributed by atoms with Crippen molar-refractivity contribution in [3.8, 4) is 5.69 Å². The zero-order valence-corrected chi connectivity index (χ0v) is 13.7. The number of hydrogen-bond acceptors (Lipinski definition) is 2. The first-order valence-electron chi connectivity index (χ1n) is 6.50. The van der Waals surface area contributed by atoms with Crippen molar-refractivity contribution in [1.82, 2.24) is 9.78 Å². The van der Waals surface area contributed by atoms with Gasteiger partial charge in [0.05, 0.1) is 28.2 Å². The number of amides is 1. The van der Waals surface area contributed by atoms with E-state index >= 15 is 0 Å². The lowest BCUT2D eigenvalue weighted by molar-refractivity contribution is 0.102. The monoisotopic (exact) mass is 375 g/mol. The number of nitrogens with zero attached hydrogens (tertiary/aromatic N) is 2. The van der Waals surface area contributed by atoms with Crippen molar-refractivity contribution < 1.29 is 4.79 Å². The summed E-state index contributed by atoms with van der Waals surface area (Å²) in [5.41, 5.74) is 1.91. The first kappa shape index (κ1) is 14.8. The van der Waals surface area contributed by atoms with E-state index in [1.165, 1.54) is 6.20 Å². The lowest BCUT2D eigenvalue weighted by Crippen LogP contribution is -2.11. The van der Waals surface area contributed by atoms with Gasteiger partial charge in [-0.05, 0) is 30.3 Å². The van der Waals surface area contributed by atoms with Crippen LogP contribution in [0.2, 0.25) is 5.02 Å². The van der Waals surface area contributed by atoms with Crippen LogP contribution < -0.4 is 5.32 Å². The maximum atomic E-state index is 12.3. The largest absolute Gasteiger partial charge is 0.321 e. The highest BCUT2D eigenvalue weighted by Gasteiger charge is 2.11. The van der Waals surface area contributed by atoms with E-state index in [9.17, 15) is 4.79 Å². The van der Waals surface area contributed by atoms with Gasteiger partial charge in [0.2, 0.25) is 0 Å². The molecular weight excluding hydrogens is 366 g/mol. The summed E-state index contributed by atoms with van der Waals surface area (Å²) in [7, 11) is 0. The Morgan fingerprint density at radius 3 is 2.68 bits per heavy atom. The summed E-state index contributed by atoms with van der Waals surface area (Å²) in [4.78, 5) is 12.3. The van der Waals surface area contributed by atoms with Gasteiger partial charge < -0.3 is 5.32 Å². The summed E-state index contributed by atoms with van der Waals surface area (Å²) in [6.07, 6.45) is 3.20. The standard InChI is InChI=1S/C16H11BrClN3O/c17-12-6-7-15(14(18)8-12)20-16(22)11-9-19-21(10-11)13-4-2-1-3-5-13/h1-10H,(H,20,22). The summed E-state index contributed by atoms with van der Waals surface area (Å²) in [5.74, 6) is -0.258. The van der Waals surface area contributed by atoms with Crippen LogP contribution in [0.3, 0.4) is 0 Å². The average Bonchev–Trinajstić information content (AvgIpc) is 3.01. The lowest BCUT2D eigenvalue weighted by atomic mass is 10.3. The Morgan fingerprint density at radius 2 is 1.95 bits per heavy atom. The third-order valence-corrected chi connectivity index (χ3v) is 3.85. The molecule has 0 spiro atoms. The Hall–Kier alpha value is -2.11. The van der Waals surface area contributed by atoms with Crippen molar-refractivity contribution in [1.29, 1.82) is 0 Å². The Kier molecular flexibility index (Phi) is 4.27. The molecule has 0 saturated heterocycles. The topological polar surface area (TPSA) is 46.9 Å². The van der Waals surface area contributed by atoms with Crippen LogP contribution in [0.5, 0.6) is 0 Å². The summed E-state index contributed by atoms with van der Waals surface area (Å²) < 4.78 is 2.50. The van der Waals surface area contributed by atoms with Gasteiger partial charge >= 0.3 is 0 Å². The number of carbonyl (C=O) groups excluding carboxylic acids is 1. The molecule has 3 aromatic rings. The van der Waals surface area contributed by atoms with Gasteiger partial charge in [-0.3, -0.25) is 4.79 Å². The van der Waals surface area contributed by atoms with E-state index in [1.54, 1.807) is 23.0 Å². The molecule has 0 unspecified atom stereocenters. The van der Waals surface area contributed by atoms with E-state index in [0.29, 0.717) is 16.3 Å². The maximum absolute atomic E-state index is 12.3. The predicted octanol–water partition coefficient (Wildman–Crippen LogP) is 4.54. The third kappa shape index (κ3) is 3.21. The molecule has 110 valence electrons. The van der Waals surface area contributed by atoms with Crippen molar-refractivity contribution in [2.45, 2.75) is 0 Å². The molecule has 4 nitrogen and oxygen atoms in total. The minimum atomic E-state index is -0.258. The van der Waals surface area contributed by atoms with Gasteiger partial charge in [0.25, 0.3) is 5.91 Å². The fraction of sp³-hybridized carbons (Fsp3) is 0. The predicted molar refractivity (Wildman–Crippen MR) is 90.7 cm³/mol. The molecule has 2 aromatic carbocycles. The van der Waals surface area contributed by atoms with Gasteiger partial charge in [0, 0.05) is 10.7 Å². The molecule has 0 bridgehead atoms. The minimum absolute atomic E-state index is 0.258. The first-order chi connectivity index (χ1) is 10.6. The van der Waals surface area contributed by atoms with Crippen LogP contribution in [0.25, 0.3) is 5.69 Å². The van der Waals surface area contributed by atoms with Crippen LogP contribution in [0.1, 0.15) is 10.4 Å². The minimum Gasteiger partial charge on any atom is -0.321 e. The van der Waals surface area contributed by atoms with Gasteiger partial charge in [0.15, 0.2) is 0 Å². The quantitative estimate of drug-likeness (QED) is 0.729. The highest BCUT2D eigenvalue weighted by molar-refractivity contribution is 9.10. The number of para-hydroxylation sites is 1. The van der Waals surface area contributed by atoms with Crippen molar-refractivity contribution >= 4 is 39.1 Å². The van der Waals surface area contributed by atoms with E-state index in [2.05, 4.69) is 26.3 Å². The molecular formula is C16H11BrClN3O. The second-order valence-electron chi connectivity index (χ2n) is 4.59. The van der Waals surface area contributed by atoms with Crippen LogP contribution in [0, 0.1) is 0 Å². The van der Waals surface area contributed by atoms with Crippen LogP contribution in [0.4, 0.5) is 5.69 Å². The molecule has 1 aromatic heterocycles. The number of halogens is 2. The van der Waals surface area contributed by atoms with Crippen LogP contribution in [0.15, 0.2) is 65.4 Å². The van der Waals surface area contributed by atoms with Gasteiger partial charge in [-0.1, -0.05) is 45.7 Å². The molecule has 22 heavy (non-hydrogen) atoms. The SMILES string of the molecule is O=C(Nc1ccc(Br)cc1Cl)c1cnn(-c2ccccc2)c1. The second-order valence-corrected chi connectivity index (χ2v) is 5.91. The van der Waals surface area contributed by atoms with Gasteiger partial charge in [0.1, 0.15) is 0 Å². The molecule has 0 radical (unpaired) electrons. The smallest absolute Gasteiger partial charge is 0.258 e. The Balaban J connectivity index is 1.80. The van der Waals surface area contributed by atoms with Crippen LogP contribution in [-0.4, -0.2) is 15.7 Å². The summed E-state index contributed by atoms with van der Waals surface area (Å²) >= 11 is 9.42. The Morgan fingerprint density at radius 1 is 1.18 bits per heavy atom. The summed E-state index contributed by atoms with van der Waals surface area (Å²) in [6.45, 7) is 0. The Labute approximate surface area is 140 Å². The molecule has 1 amide bonds. The highest BCUT2D eigenvalue weighted by atomic mass is 79.9. The van der Waals surface area contributed by atoms with Crippen molar-refractivity contribution in [3.05, 3.63) is 76.0 Å². The van der Waals surface area contributed by atoms with E-state index < -0.39 is 0 Å². The molecule has 0 aliphatic heterocycles. The zero-order chi connectivity index (χ0) is 15.5. The molecule has 3 rings (SSSR count). The number of carbonyl (C=O) groups is 1. The van der Waals surface area contributed by atoms with Crippen molar-refractivity contribution in [2.75, 3.05) is 5.32 Å². The first-order valence-corrected chi connectivity index (χ1v) is 7.67. The average molecular weight is 377 g/mol. The van der Waals surface area contributed by atoms with Gasteiger partial charge in [-0.2, -0.15) is 5.10 Å². The molecule has 0 atom stereocenters. The normalized spacial score (nSPS) is 10.5. The third-order valence-electron chi connectivity index (χ3n) is 3.04. The van der Waals surface area contributed by atoms with E-state index in [1.807, 2.05) is 36.4 Å². The highest BCUT2D eigenvalue weighted by Crippen LogP contribution is 2.26. The zero-order valence-electron chi connectivity index (χ0n) is 11.3. The van der Waals surface area contributed by atoms with Crippen LogP contribution >= 0.6 is 27.5 Å². The van der Waals surface area contributed by atoms with Crippen LogP contribution in [-0.2, 0) is 0 Å². The lowest BCUT2D eigenvalue weighted by Gasteiger charge is -2.06. The number of aromatic nitrogens is 2. The van der Waals surface area contributed by atoms with Gasteiger partial charge in [-0.25, -0.2) is 4.68 Å². The number of nitrogens with one attached hydrogen (secondary N) is 1. The molecule has 0 saturated carbocycles. The molecule has 1 heterocycles. The number of hydrogen-bond donors (Lipinski definition) is 1. The van der Waals surface area contributed by atoms with Crippen molar-refractivity contribution in [3.63, 3.8) is 0 Å². The molecule has 0 aliphatic rings. The number of benzene rings is 2. The fourth-order valence-electron chi connectivity index (χ4n) is 1.95. The number of rotatable bonds is 3. The fourth-order valence-corrected chi connectivity index (χ4v) is 2.67. The molecule has 6 heteroatoms. The Bertz CT molecular complexity index is 817.